The van der Waals surface area contributed by atoms with Gasteiger partial charge < -0.3 is 19.9 Å². The number of methoxy groups -OCH3 is 1. The fraction of sp³-hybridized carbons (Fsp3) is 0.350. The molecule has 0 aromatic carbocycles. The Morgan fingerprint density at radius 1 is 1.33 bits per heavy atom. The van der Waals surface area contributed by atoms with Gasteiger partial charge in [0.25, 0.3) is 0 Å². The van der Waals surface area contributed by atoms with Crippen LogP contribution in [0.25, 0.3) is 22.4 Å². The average molecular weight is 483 g/mol. The lowest BCUT2D eigenvalue weighted by Gasteiger charge is -2.25. The quantitative estimate of drug-likeness (QED) is 0.537. The van der Waals surface area contributed by atoms with E-state index in [0.29, 0.717) is 41.0 Å². The third-order valence-electron chi connectivity index (χ3n) is 5.16. The Kier molecular flexibility index (Phi) is 6.11. The molecule has 1 atom stereocenters. The van der Waals surface area contributed by atoms with Crippen LogP contribution in [-0.2, 0) is 9.53 Å². The van der Waals surface area contributed by atoms with Gasteiger partial charge in [-0.2, -0.15) is 13.2 Å². The number of aromatic amines is 1. The van der Waals surface area contributed by atoms with Gasteiger partial charge in [0.1, 0.15) is 24.1 Å². The molecule has 1 aliphatic rings. The summed E-state index contributed by atoms with van der Waals surface area (Å²) in [6.45, 7) is -1.07. The molecular weight excluding hydrogens is 465 g/mol. The molecular formula is C20H18ClF3N6O3. The second-order valence-corrected chi connectivity index (χ2v) is 7.80. The number of hydrogen-bond donors (Lipinski definition) is 2. The predicted molar refractivity (Wildman–Crippen MR) is 113 cm³/mol. The van der Waals surface area contributed by atoms with Crippen LogP contribution in [0.4, 0.5) is 19.0 Å². The Balaban J connectivity index is 1.74. The van der Waals surface area contributed by atoms with Crippen molar-refractivity contribution in [3.8, 4) is 11.4 Å². The summed E-state index contributed by atoms with van der Waals surface area (Å²) in [5.74, 6) is -1.14. The van der Waals surface area contributed by atoms with Crippen molar-refractivity contribution in [2.24, 2.45) is 0 Å². The zero-order valence-corrected chi connectivity index (χ0v) is 18.0. The topological polar surface area (TPSA) is 113 Å². The number of amides is 1. The third kappa shape index (κ3) is 4.85. The summed E-state index contributed by atoms with van der Waals surface area (Å²) in [6.07, 6.45) is -0.557. The Hall–Kier alpha value is -3.41. The van der Waals surface area contributed by atoms with Gasteiger partial charge in [-0.25, -0.2) is 19.7 Å². The number of anilines is 1. The number of fused-ring (bicyclic) bond motifs is 1. The van der Waals surface area contributed by atoms with E-state index in [1.165, 1.54) is 19.4 Å². The van der Waals surface area contributed by atoms with Crippen LogP contribution in [0.15, 0.2) is 24.5 Å². The zero-order chi connectivity index (χ0) is 23.8. The van der Waals surface area contributed by atoms with E-state index in [0.717, 1.165) is 0 Å². The molecule has 1 amide bonds. The molecule has 0 spiro atoms. The predicted octanol–water partition coefficient (Wildman–Crippen LogP) is 3.11. The van der Waals surface area contributed by atoms with E-state index < -0.39 is 30.6 Å². The molecule has 1 aliphatic heterocycles. The highest BCUT2D eigenvalue weighted by molar-refractivity contribution is 6.31. The van der Waals surface area contributed by atoms with E-state index in [-0.39, 0.29) is 17.3 Å². The minimum absolute atomic E-state index is 0.0665. The standard InChI is InChI=1S/C20H18ClF3N6O3/c1-33-19(32)13-6-15(30-4-2-3-14(30)18(31)27-9-20(22,23)24)29-17(28-13)12-8-26-16-11(12)5-10(21)7-25-16/h5-8,14H,2-4,9H2,1H3,(H,25,26)(H,27,31)/t14-/m1/s1. The molecule has 3 aromatic rings. The summed E-state index contributed by atoms with van der Waals surface area (Å²) in [6, 6.07) is 2.14. The van der Waals surface area contributed by atoms with Gasteiger partial charge in [-0.05, 0) is 18.9 Å². The third-order valence-corrected chi connectivity index (χ3v) is 5.37. The maximum absolute atomic E-state index is 12.6. The lowest BCUT2D eigenvalue weighted by Crippen LogP contribution is -2.46. The van der Waals surface area contributed by atoms with E-state index in [1.807, 2.05) is 5.32 Å². The van der Waals surface area contributed by atoms with E-state index >= 15 is 0 Å². The van der Waals surface area contributed by atoms with Gasteiger partial charge in [-0.3, -0.25) is 4.79 Å². The van der Waals surface area contributed by atoms with Gasteiger partial charge in [0.2, 0.25) is 5.91 Å². The SMILES string of the molecule is COC(=O)c1cc(N2CCC[C@@H]2C(=O)NCC(F)(F)F)nc(-c2c[nH]c3ncc(Cl)cc23)n1. The van der Waals surface area contributed by atoms with Crippen molar-refractivity contribution in [1.82, 2.24) is 25.3 Å². The second-order valence-electron chi connectivity index (χ2n) is 7.36. The molecule has 0 saturated carbocycles. The van der Waals surface area contributed by atoms with Gasteiger partial charge in [-0.15, -0.1) is 0 Å². The number of ether oxygens (including phenoxy) is 1. The Bertz CT molecular complexity index is 1220. The highest BCUT2D eigenvalue weighted by Crippen LogP contribution is 2.31. The van der Waals surface area contributed by atoms with Crippen LogP contribution in [-0.4, -0.2) is 64.2 Å². The van der Waals surface area contributed by atoms with Crippen molar-refractivity contribution >= 4 is 40.3 Å². The Morgan fingerprint density at radius 3 is 2.85 bits per heavy atom. The van der Waals surface area contributed by atoms with E-state index in [9.17, 15) is 22.8 Å². The van der Waals surface area contributed by atoms with Gasteiger partial charge in [0.15, 0.2) is 11.5 Å². The minimum atomic E-state index is -4.52. The van der Waals surface area contributed by atoms with Crippen LogP contribution in [0, 0.1) is 0 Å². The van der Waals surface area contributed by atoms with Crippen LogP contribution in [0.3, 0.4) is 0 Å². The number of H-pyrrole nitrogens is 1. The molecule has 0 bridgehead atoms. The molecule has 0 aliphatic carbocycles. The summed E-state index contributed by atoms with van der Waals surface area (Å²) < 4.78 is 42.4. The lowest BCUT2D eigenvalue weighted by molar-refractivity contribution is -0.139. The number of halogens is 4. The minimum Gasteiger partial charge on any atom is -0.464 e. The number of pyridine rings is 1. The zero-order valence-electron chi connectivity index (χ0n) is 17.2. The maximum Gasteiger partial charge on any atom is 0.405 e. The molecule has 0 radical (unpaired) electrons. The number of esters is 1. The normalized spacial score (nSPS) is 16.3. The van der Waals surface area contributed by atoms with Crippen molar-refractivity contribution in [3.63, 3.8) is 0 Å². The van der Waals surface area contributed by atoms with E-state index in [2.05, 4.69) is 19.9 Å². The summed E-state index contributed by atoms with van der Waals surface area (Å²) in [5.41, 5.74) is 0.959. The molecule has 2 N–H and O–H groups in total. The van der Waals surface area contributed by atoms with Gasteiger partial charge in [0.05, 0.1) is 12.1 Å². The van der Waals surface area contributed by atoms with Gasteiger partial charge in [-0.1, -0.05) is 11.6 Å². The van der Waals surface area contributed by atoms with Crippen LogP contribution < -0.4 is 10.2 Å². The fourth-order valence-corrected chi connectivity index (χ4v) is 3.85. The average Bonchev–Trinajstić information content (AvgIpc) is 3.43. The van der Waals surface area contributed by atoms with Crippen LogP contribution in [0.5, 0.6) is 0 Å². The fourth-order valence-electron chi connectivity index (χ4n) is 3.69. The van der Waals surface area contributed by atoms with Crippen molar-refractivity contribution in [3.05, 3.63) is 35.2 Å². The molecule has 4 rings (SSSR count). The first-order valence-corrected chi connectivity index (χ1v) is 10.3. The molecule has 13 heteroatoms. The molecule has 4 heterocycles. The first-order chi connectivity index (χ1) is 15.7. The molecule has 174 valence electrons. The van der Waals surface area contributed by atoms with Crippen LogP contribution in [0.2, 0.25) is 5.02 Å². The molecule has 1 fully saturated rings. The largest absolute Gasteiger partial charge is 0.464 e. The van der Waals surface area contributed by atoms with E-state index in [4.69, 9.17) is 16.3 Å². The van der Waals surface area contributed by atoms with E-state index in [1.54, 1.807) is 17.2 Å². The molecule has 0 unspecified atom stereocenters. The molecule has 33 heavy (non-hydrogen) atoms. The van der Waals surface area contributed by atoms with Gasteiger partial charge in [0, 0.05) is 36.0 Å². The monoisotopic (exact) mass is 482 g/mol. The second kappa shape index (κ2) is 8.85. The number of alkyl halides is 3. The first kappa shape index (κ1) is 22.8. The lowest BCUT2D eigenvalue weighted by atomic mass is 10.2. The number of aromatic nitrogens is 4. The van der Waals surface area contributed by atoms with Crippen molar-refractivity contribution in [1.29, 1.82) is 0 Å². The Morgan fingerprint density at radius 2 is 2.12 bits per heavy atom. The van der Waals surface area contributed by atoms with Crippen molar-refractivity contribution < 1.29 is 27.5 Å². The van der Waals surface area contributed by atoms with Gasteiger partial charge >= 0.3 is 12.1 Å². The summed E-state index contributed by atoms with van der Waals surface area (Å²) in [4.78, 5) is 42.2. The summed E-state index contributed by atoms with van der Waals surface area (Å²) in [7, 11) is 1.20. The molecule has 9 nitrogen and oxygen atoms in total. The number of carbonyl (C=O) groups is 2. The molecule has 1 saturated heterocycles. The summed E-state index contributed by atoms with van der Waals surface area (Å²) in [5, 5.41) is 2.91. The van der Waals surface area contributed by atoms with Crippen molar-refractivity contribution in [2.45, 2.75) is 25.1 Å². The van der Waals surface area contributed by atoms with Crippen LogP contribution >= 0.6 is 11.6 Å². The number of nitrogens with one attached hydrogen (secondary N) is 2. The number of carbonyl (C=O) groups excluding carboxylic acids is 2. The number of nitrogens with zero attached hydrogens (tertiary/aromatic N) is 4. The van der Waals surface area contributed by atoms with Crippen molar-refractivity contribution in [2.75, 3.05) is 25.1 Å². The molecule has 3 aromatic heterocycles. The maximum atomic E-state index is 12.6. The Labute approximate surface area is 190 Å². The first-order valence-electron chi connectivity index (χ1n) is 9.88. The highest BCUT2D eigenvalue weighted by atomic mass is 35.5. The summed E-state index contributed by atoms with van der Waals surface area (Å²) >= 11 is 6.07. The van der Waals surface area contributed by atoms with Crippen LogP contribution in [0.1, 0.15) is 23.3 Å². The smallest absolute Gasteiger partial charge is 0.405 e. The number of hydrogen-bond acceptors (Lipinski definition) is 7. The number of rotatable bonds is 5. The highest BCUT2D eigenvalue weighted by Gasteiger charge is 2.35.